The van der Waals surface area contributed by atoms with Crippen LogP contribution in [0.1, 0.15) is 30.1 Å². The summed E-state index contributed by atoms with van der Waals surface area (Å²) < 4.78 is 5.47. The van der Waals surface area contributed by atoms with E-state index in [4.69, 9.17) is 27.9 Å². The highest BCUT2D eigenvalue weighted by atomic mass is 35.5. The molecule has 21 heavy (non-hydrogen) atoms. The zero-order valence-electron chi connectivity index (χ0n) is 11.4. The van der Waals surface area contributed by atoms with E-state index < -0.39 is 5.97 Å². The molecule has 0 aromatic heterocycles. The van der Waals surface area contributed by atoms with E-state index in [1.165, 1.54) is 12.1 Å². The highest BCUT2D eigenvalue weighted by Crippen LogP contribution is 2.33. The molecule has 2 unspecified atom stereocenters. The number of carboxylic acid groups (broad SMARTS) is 1. The molecule has 1 aliphatic heterocycles. The fraction of sp³-hybridized carbons (Fsp3) is 0.429. The zero-order valence-corrected chi connectivity index (χ0v) is 12.9. The van der Waals surface area contributed by atoms with Crippen LogP contribution in [0.15, 0.2) is 12.1 Å². The van der Waals surface area contributed by atoms with Crippen molar-refractivity contribution in [2.75, 3.05) is 11.9 Å². The highest BCUT2D eigenvalue weighted by molar-refractivity contribution is 6.38. The molecule has 2 rings (SSSR count). The lowest BCUT2D eigenvalue weighted by Crippen LogP contribution is -2.30. The lowest BCUT2D eigenvalue weighted by molar-refractivity contribution is -0.121. The number of ether oxygens (including phenoxy) is 1. The van der Waals surface area contributed by atoms with E-state index in [-0.39, 0.29) is 39.2 Å². The molecule has 1 aromatic rings. The highest BCUT2D eigenvalue weighted by Gasteiger charge is 2.33. The predicted octanol–water partition coefficient (Wildman–Crippen LogP) is 3.45. The number of aromatic carboxylic acids is 1. The number of benzene rings is 1. The van der Waals surface area contributed by atoms with Crippen LogP contribution in [0.3, 0.4) is 0 Å². The standard InChI is InChI=1S/C14H15Cl2NO4/c1-2-10-7(5-6-21-10)13(18)17-12-9(16)4-3-8(15)11(12)14(19)20/h3-4,7,10H,2,5-6H2,1H3,(H,17,18)(H,19,20). The van der Waals surface area contributed by atoms with Crippen molar-refractivity contribution in [3.63, 3.8) is 0 Å². The quantitative estimate of drug-likeness (QED) is 0.885. The summed E-state index contributed by atoms with van der Waals surface area (Å²) in [5.74, 6) is -1.86. The van der Waals surface area contributed by atoms with E-state index in [1.54, 1.807) is 0 Å². The predicted molar refractivity (Wildman–Crippen MR) is 80.2 cm³/mol. The van der Waals surface area contributed by atoms with E-state index in [2.05, 4.69) is 5.32 Å². The number of halogens is 2. The van der Waals surface area contributed by atoms with Crippen molar-refractivity contribution < 1.29 is 19.4 Å². The molecule has 1 aliphatic rings. The lowest BCUT2D eigenvalue weighted by atomic mass is 9.98. The Bertz CT molecular complexity index is 576. The number of nitrogens with one attached hydrogen (secondary N) is 1. The molecule has 1 heterocycles. The minimum absolute atomic E-state index is 0.0249. The molecule has 0 aliphatic carbocycles. The Morgan fingerprint density at radius 2 is 2.05 bits per heavy atom. The molecule has 2 atom stereocenters. The third kappa shape index (κ3) is 3.31. The van der Waals surface area contributed by atoms with Gasteiger partial charge >= 0.3 is 5.97 Å². The Hall–Kier alpha value is -1.30. The molecular formula is C14H15Cl2NO4. The summed E-state index contributed by atoms with van der Waals surface area (Å²) in [6.07, 6.45) is 1.16. The van der Waals surface area contributed by atoms with Crippen LogP contribution in [-0.2, 0) is 9.53 Å². The van der Waals surface area contributed by atoms with Gasteiger partial charge in [0.05, 0.1) is 27.8 Å². The van der Waals surface area contributed by atoms with Gasteiger partial charge in [-0.25, -0.2) is 4.79 Å². The topological polar surface area (TPSA) is 75.6 Å². The summed E-state index contributed by atoms with van der Waals surface area (Å²) >= 11 is 11.9. The number of hydrogen-bond acceptors (Lipinski definition) is 3. The molecule has 114 valence electrons. The van der Waals surface area contributed by atoms with Crippen molar-refractivity contribution in [2.45, 2.75) is 25.9 Å². The Kier molecular flexibility index (Phi) is 5.08. The number of carbonyl (C=O) groups excluding carboxylic acids is 1. The lowest BCUT2D eigenvalue weighted by Gasteiger charge is -2.18. The molecule has 0 radical (unpaired) electrons. The van der Waals surface area contributed by atoms with Gasteiger partial charge in [-0.1, -0.05) is 30.1 Å². The molecule has 7 heteroatoms. The normalized spacial score (nSPS) is 21.3. The summed E-state index contributed by atoms with van der Waals surface area (Å²) in [6.45, 7) is 2.46. The first kappa shape index (κ1) is 16.1. The maximum Gasteiger partial charge on any atom is 0.339 e. The summed E-state index contributed by atoms with van der Waals surface area (Å²) in [7, 11) is 0. The van der Waals surface area contributed by atoms with E-state index in [1.807, 2.05) is 6.92 Å². The third-order valence-corrected chi connectivity index (χ3v) is 4.14. The fourth-order valence-electron chi connectivity index (χ4n) is 2.45. The van der Waals surface area contributed by atoms with Crippen molar-refractivity contribution >= 4 is 40.8 Å². The third-order valence-electron chi connectivity index (χ3n) is 3.51. The summed E-state index contributed by atoms with van der Waals surface area (Å²) in [5, 5.41) is 12.0. The van der Waals surface area contributed by atoms with Crippen LogP contribution in [0.2, 0.25) is 10.0 Å². The SMILES string of the molecule is CCC1OCCC1C(=O)Nc1c(Cl)ccc(Cl)c1C(=O)O. The maximum absolute atomic E-state index is 12.3. The molecule has 1 saturated heterocycles. The fourth-order valence-corrected chi connectivity index (χ4v) is 2.89. The Labute approximate surface area is 132 Å². The Morgan fingerprint density at radius 1 is 1.38 bits per heavy atom. The second kappa shape index (κ2) is 6.64. The summed E-state index contributed by atoms with van der Waals surface area (Å²) in [4.78, 5) is 23.6. The molecule has 2 N–H and O–H groups in total. The van der Waals surface area contributed by atoms with Crippen LogP contribution in [0.4, 0.5) is 5.69 Å². The average molecular weight is 332 g/mol. The van der Waals surface area contributed by atoms with Gasteiger partial charge in [0, 0.05) is 6.61 Å². The van der Waals surface area contributed by atoms with Gasteiger partial charge in [-0.05, 0) is 25.0 Å². The first-order valence-electron chi connectivity index (χ1n) is 6.59. The Morgan fingerprint density at radius 3 is 2.67 bits per heavy atom. The second-order valence-electron chi connectivity index (χ2n) is 4.79. The molecular weight excluding hydrogens is 317 g/mol. The number of carboxylic acids is 1. The van der Waals surface area contributed by atoms with Gasteiger partial charge in [-0.3, -0.25) is 4.79 Å². The van der Waals surface area contributed by atoms with Crippen LogP contribution in [0.25, 0.3) is 0 Å². The number of anilines is 1. The van der Waals surface area contributed by atoms with E-state index in [0.29, 0.717) is 19.4 Å². The average Bonchev–Trinajstić information content (AvgIpc) is 2.90. The molecule has 0 saturated carbocycles. The van der Waals surface area contributed by atoms with Crippen LogP contribution < -0.4 is 5.32 Å². The summed E-state index contributed by atoms with van der Waals surface area (Å²) in [6, 6.07) is 2.84. The van der Waals surface area contributed by atoms with Gasteiger partial charge in [0.2, 0.25) is 5.91 Å². The first-order chi connectivity index (χ1) is 9.95. The number of hydrogen-bond donors (Lipinski definition) is 2. The van der Waals surface area contributed by atoms with Gasteiger partial charge in [0.1, 0.15) is 5.56 Å². The maximum atomic E-state index is 12.3. The van der Waals surface area contributed by atoms with Gasteiger partial charge in [0.15, 0.2) is 0 Å². The molecule has 1 aromatic carbocycles. The Balaban J connectivity index is 2.29. The number of amides is 1. The number of carbonyl (C=O) groups is 2. The van der Waals surface area contributed by atoms with Gasteiger partial charge in [0.25, 0.3) is 0 Å². The molecule has 1 amide bonds. The monoisotopic (exact) mass is 331 g/mol. The first-order valence-corrected chi connectivity index (χ1v) is 7.35. The molecule has 0 bridgehead atoms. The van der Waals surface area contributed by atoms with Crippen molar-refractivity contribution in [1.29, 1.82) is 0 Å². The van der Waals surface area contributed by atoms with Gasteiger partial charge in [-0.2, -0.15) is 0 Å². The van der Waals surface area contributed by atoms with Crippen LogP contribution >= 0.6 is 23.2 Å². The molecule has 1 fully saturated rings. The van der Waals surface area contributed by atoms with Crippen LogP contribution in [0.5, 0.6) is 0 Å². The van der Waals surface area contributed by atoms with Crippen LogP contribution in [0, 0.1) is 5.92 Å². The minimum Gasteiger partial charge on any atom is -0.478 e. The second-order valence-corrected chi connectivity index (χ2v) is 5.60. The largest absolute Gasteiger partial charge is 0.478 e. The van der Waals surface area contributed by atoms with Crippen molar-refractivity contribution in [3.05, 3.63) is 27.7 Å². The molecule has 5 nitrogen and oxygen atoms in total. The van der Waals surface area contributed by atoms with Gasteiger partial charge in [-0.15, -0.1) is 0 Å². The summed E-state index contributed by atoms with van der Waals surface area (Å²) in [5.41, 5.74) is -0.173. The van der Waals surface area contributed by atoms with Gasteiger partial charge < -0.3 is 15.2 Å². The van der Waals surface area contributed by atoms with Crippen molar-refractivity contribution in [2.24, 2.45) is 5.92 Å². The smallest absolute Gasteiger partial charge is 0.339 e. The van der Waals surface area contributed by atoms with E-state index >= 15 is 0 Å². The molecule has 0 spiro atoms. The van der Waals surface area contributed by atoms with Crippen molar-refractivity contribution in [1.82, 2.24) is 0 Å². The van der Waals surface area contributed by atoms with E-state index in [9.17, 15) is 14.7 Å². The zero-order chi connectivity index (χ0) is 15.6. The van der Waals surface area contributed by atoms with Crippen LogP contribution in [-0.4, -0.2) is 29.7 Å². The number of rotatable bonds is 4. The van der Waals surface area contributed by atoms with Crippen molar-refractivity contribution in [3.8, 4) is 0 Å². The minimum atomic E-state index is -1.24. The van der Waals surface area contributed by atoms with E-state index in [0.717, 1.165) is 0 Å².